The lowest BCUT2D eigenvalue weighted by molar-refractivity contribution is 0.102. The molecular weight excluding hydrogens is 214 g/mol. The quantitative estimate of drug-likeness (QED) is 0.868. The van der Waals surface area contributed by atoms with Crippen molar-refractivity contribution < 1.29 is 4.74 Å². The third-order valence-electron chi connectivity index (χ3n) is 3.69. The molecule has 1 N–H and O–H groups in total. The molecule has 2 aliphatic rings. The van der Waals surface area contributed by atoms with Gasteiger partial charge in [-0.2, -0.15) is 0 Å². The van der Waals surface area contributed by atoms with Gasteiger partial charge in [0.2, 0.25) is 0 Å². The molecule has 0 amide bonds. The van der Waals surface area contributed by atoms with Gasteiger partial charge in [0.1, 0.15) is 11.6 Å². The van der Waals surface area contributed by atoms with Gasteiger partial charge in [0.25, 0.3) is 0 Å². The molecule has 2 fully saturated rings. The van der Waals surface area contributed by atoms with Crippen LogP contribution in [0.15, 0.2) is 6.07 Å². The number of ether oxygens (including phenoxy) is 1. The largest absolute Gasteiger partial charge is 0.373 e. The third kappa shape index (κ3) is 2.14. The van der Waals surface area contributed by atoms with Gasteiger partial charge in [0.15, 0.2) is 0 Å². The monoisotopic (exact) mass is 233 g/mol. The Bertz CT molecular complexity index is 421. The molecule has 2 aliphatic heterocycles. The molecule has 2 saturated heterocycles. The zero-order chi connectivity index (χ0) is 11.8. The SMILES string of the molecule is CCc1cc(NC2CC3CCC2O3)nc(C)n1. The Hall–Kier alpha value is -1.16. The van der Waals surface area contributed by atoms with Crippen LogP contribution in [0.25, 0.3) is 0 Å². The minimum Gasteiger partial charge on any atom is -0.373 e. The van der Waals surface area contributed by atoms with E-state index in [0.717, 1.165) is 30.2 Å². The van der Waals surface area contributed by atoms with Gasteiger partial charge in [-0.3, -0.25) is 0 Å². The first-order chi connectivity index (χ1) is 8.24. The topological polar surface area (TPSA) is 47.0 Å². The van der Waals surface area contributed by atoms with Crippen molar-refractivity contribution >= 4 is 5.82 Å². The van der Waals surface area contributed by atoms with Crippen molar-refractivity contribution in [1.29, 1.82) is 0 Å². The summed E-state index contributed by atoms with van der Waals surface area (Å²) < 4.78 is 5.84. The number of fused-ring (bicyclic) bond motifs is 2. The van der Waals surface area contributed by atoms with Crippen molar-refractivity contribution in [2.75, 3.05) is 5.32 Å². The highest BCUT2D eigenvalue weighted by atomic mass is 16.5. The van der Waals surface area contributed by atoms with Crippen LogP contribution in [0.5, 0.6) is 0 Å². The average molecular weight is 233 g/mol. The van der Waals surface area contributed by atoms with E-state index in [9.17, 15) is 0 Å². The second kappa shape index (κ2) is 4.26. The summed E-state index contributed by atoms with van der Waals surface area (Å²) in [6.45, 7) is 4.06. The lowest BCUT2D eigenvalue weighted by Crippen LogP contribution is -2.31. The summed E-state index contributed by atoms with van der Waals surface area (Å²) in [4.78, 5) is 8.84. The molecule has 0 spiro atoms. The second-order valence-electron chi connectivity index (χ2n) is 5.01. The summed E-state index contributed by atoms with van der Waals surface area (Å²) in [5.41, 5.74) is 1.10. The molecule has 3 atom stereocenters. The maximum absolute atomic E-state index is 5.84. The highest BCUT2D eigenvalue weighted by molar-refractivity contribution is 5.38. The van der Waals surface area contributed by atoms with Gasteiger partial charge < -0.3 is 10.1 Å². The Labute approximate surface area is 102 Å². The summed E-state index contributed by atoms with van der Waals surface area (Å²) in [6.07, 6.45) is 5.35. The highest BCUT2D eigenvalue weighted by Crippen LogP contribution is 2.35. The van der Waals surface area contributed by atoms with Crippen LogP contribution >= 0.6 is 0 Å². The number of aryl methyl sites for hydroxylation is 2. The van der Waals surface area contributed by atoms with Crippen LogP contribution in [0.2, 0.25) is 0 Å². The predicted molar refractivity (Wildman–Crippen MR) is 66.1 cm³/mol. The Morgan fingerprint density at radius 2 is 2.29 bits per heavy atom. The first-order valence-electron chi connectivity index (χ1n) is 6.51. The molecule has 17 heavy (non-hydrogen) atoms. The number of hydrogen-bond acceptors (Lipinski definition) is 4. The lowest BCUT2D eigenvalue weighted by atomic mass is 9.95. The maximum Gasteiger partial charge on any atom is 0.130 e. The Kier molecular flexibility index (Phi) is 2.74. The van der Waals surface area contributed by atoms with Crippen LogP contribution in [0.1, 0.15) is 37.7 Å². The van der Waals surface area contributed by atoms with E-state index in [-0.39, 0.29) is 0 Å². The summed E-state index contributed by atoms with van der Waals surface area (Å²) >= 11 is 0. The molecule has 0 aromatic carbocycles. The standard InChI is InChI=1S/C13H19N3O/c1-3-9-6-13(15-8(2)14-9)16-11-7-10-4-5-12(11)17-10/h6,10-12H,3-5,7H2,1-2H3,(H,14,15,16). The van der Waals surface area contributed by atoms with E-state index in [1.54, 1.807) is 0 Å². The summed E-state index contributed by atoms with van der Waals surface area (Å²) in [7, 11) is 0. The minimum atomic E-state index is 0.389. The van der Waals surface area contributed by atoms with Crippen molar-refractivity contribution in [3.05, 3.63) is 17.6 Å². The second-order valence-corrected chi connectivity index (χ2v) is 5.01. The Balaban J connectivity index is 1.74. The molecule has 92 valence electrons. The highest BCUT2D eigenvalue weighted by Gasteiger charge is 2.40. The summed E-state index contributed by atoms with van der Waals surface area (Å²) in [5.74, 6) is 1.80. The van der Waals surface area contributed by atoms with Crippen molar-refractivity contribution in [2.24, 2.45) is 0 Å². The van der Waals surface area contributed by atoms with E-state index in [2.05, 4.69) is 28.3 Å². The molecule has 3 heterocycles. The molecule has 4 heteroatoms. The van der Waals surface area contributed by atoms with Crippen molar-refractivity contribution in [3.63, 3.8) is 0 Å². The minimum absolute atomic E-state index is 0.389. The predicted octanol–water partition coefficient (Wildman–Crippen LogP) is 2.08. The van der Waals surface area contributed by atoms with Gasteiger partial charge in [0, 0.05) is 11.8 Å². The van der Waals surface area contributed by atoms with Crippen LogP contribution in [-0.2, 0) is 11.2 Å². The first-order valence-corrected chi connectivity index (χ1v) is 6.51. The molecule has 0 saturated carbocycles. The first kappa shape index (κ1) is 11.0. The van der Waals surface area contributed by atoms with E-state index < -0.39 is 0 Å². The fraction of sp³-hybridized carbons (Fsp3) is 0.692. The maximum atomic E-state index is 5.84. The molecule has 4 nitrogen and oxygen atoms in total. The Morgan fingerprint density at radius 3 is 2.94 bits per heavy atom. The van der Waals surface area contributed by atoms with Crippen LogP contribution in [0.3, 0.4) is 0 Å². The molecule has 2 bridgehead atoms. The van der Waals surface area contributed by atoms with Gasteiger partial charge in [-0.25, -0.2) is 9.97 Å². The lowest BCUT2D eigenvalue weighted by Gasteiger charge is -2.20. The molecule has 1 aromatic rings. The summed E-state index contributed by atoms with van der Waals surface area (Å²) in [5, 5.41) is 3.51. The molecule has 3 unspecified atom stereocenters. The van der Waals surface area contributed by atoms with E-state index in [1.165, 1.54) is 12.8 Å². The fourth-order valence-electron chi connectivity index (χ4n) is 2.86. The van der Waals surface area contributed by atoms with Crippen molar-refractivity contribution in [3.8, 4) is 0 Å². The van der Waals surface area contributed by atoms with Crippen LogP contribution in [-0.4, -0.2) is 28.2 Å². The number of hydrogen-bond donors (Lipinski definition) is 1. The van der Waals surface area contributed by atoms with E-state index in [1.807, 2.05) is 6.92 Å². The fourth-order valence-corrected chi connectivity index (χ4v) is 2.86. The molecule has 1 aromatic heterocycles. The van der Waals surface area contributed by atoms with Crippen LogP contribution < -0.4 is 5.32 Å². The van der Waals surface area contributed by atoms with Crippen molar-refractivity contribution in [1.82, 2.24) is 9.97 Å². The van der Waals surface area contributed by atoms with Gasteiger partial charge >= 0.3 is 0 Å². The summed E-state index contributed by atoms with van der Waals surface area (Å²) in [6, 6.07) is 2.49. The molecule has 0 aliphatic carbocycles. The molecule has 3 rings (SSSR count). The molecular formula is C13H19N3O. The number of nitrogens with one attached hydrogen (secondary N) is 1. The van der Waals surface area contributed by atoms with Gasteiger partial charge in [-0.05, 0) is 32.6 Å². The van der Waals surface area contributed by atoms with E-state index in [0.29, 0.717) is 18.2 Å². The van der Waals surface area contributed by atoms with E-state index >= 15 is 0 Å². The van der Waals surface area contributed by atoms with Gasteiger partial charge in [0.05, 0.1) is 18.2 Å². The Morgan fingerprint density at radius 1 is 1.41 bits per heavy atom. The number of anilines is 1. The zero-order valence-electron chi connectivity index (χ0n) is 10.4. The smallest absolute Gasteiger partial charge is 0.130 e. The molecule has 0 radical (unpaired) electrons. The van der Waals surface area contributed by atoms with E-state index in [4.69, 9.17) is 4.74 Å². The van der Waals surface area contributed by atoms with Crippen LogP contribution in [0.4, 0.5) is 5.82 Å². The number of aromatic nitrogens is 2. The van der Waals surface area contributed by atoms with Gasteiger partial charge in [-0.15, -0.1) is 0 Å². The number of nitrogens with zero attached hydrogens (tertiary/aromatic N) is 2. The third-order valence-corrected chi connectivity index (χ3v) is 3.69. The number of rotatable bonds is 3. The van der Waals surface area contributed by atoms with Gasteiger partial charge in [-0.1, -0.05) is 6.92 Å². The normalized spacial score (nSPS) is 30.8. The van der Waals surface area contributed by atoms with Crippen molar-refractivity contribution in [2.45, 2.75) is 57.8 Å². The van der Waals surface area contributed by atoms with Crippen LogP contribution in [0, 0.1) is 6.92 Å². The zero-order valence-corrected chi connectivity index (χ0v) is 10.4. The average Bonchev–Trinajstić information content (AvgIpc) is 2.90.